The average Bonchev–Trinajstić information content (AvgIpc) is 2.62. The zero-order valence-corrected chi connectivity index (χ0v) is 17.6. The minimum Gasteiger partial charge on any atom is -0.466 e. The number of hydrogen-bond acceptors (Lipinski definition) is 4. The lowest BCUT2D eigenvalue weighted by Crippen LogP contribution is -2.57. The van der Waals surface area contributed by atoms with Crippen LogP contribution in [0, 0.1) is 5.92 Å². The molecule has 1 aromatic rings. The van der Waals surface area contributed by atoms with Crippen LogP contribution < -0.4 is 5.32 Å². The van der Waals surface area contributed by atoms with Gasteiger partial charge in [-0.3, -0.25) is 14.4 Å². The highest BCUT2D eigenvalue weighted by Crippen LogP contribution is 2.23. The fourth-order valence-electron chi connectivity index (χ4n) is 3.06. The molecule has 1 aliphatic heterocycles. The summed E-state index contributed by atoms with van der Waals surface area (Å²) in [7, 11) is 0. The topological polar surface area (TPSA) is 75.7 Å². The van der Waals surface area contributed by atoms with Gasteiger partial charge in [-0.2, -0.15) is 0 Å². The van der Waals surface area contributed by atoms with Gasteiger partial charge in [0.15, 0.2) is 0 Å². The fourth-order valence-corrected chi connectivity index (χ4v) is 3.06. The first-order valence-electron chi connectivity index (χ1n) is 9.94. The Bertz CT molecular complexity index is 704. The van der Waals surface area contributed by atoms with Crippen molar-refractivity contribution in [3.05, 3.63) is 35.4 Å². The Labute approximate surface area is 167 Å². The Kier molecular flexibility index (Phi) is 7.22. The van der Waals surface area contributed by atoms with Gasteiger partial charge in [0.1, 0.15) is 6.04 Å². The highest BCUT2D eigenvalue weighted by molar-refractivity contribution is 5.99. The molecule has 1 heterocycles. The van der Waals surface area contributed by atoms with Crippen LogP contribution >= 0.6 is 0 Å². The molecule has 6 heteroatoms. The average molecular weight is 389 g/mol. The van der Waals surface area contributed by atoms with Crippen LogP contribution in [0.15, 0.2) is 24.3 Å². The van der Waals surface area contributed by atoms with Gasteiger partial charge in [0.2, 0.25) is 5.91 Å². The van der Waals surface area contributed by atoms with Crippen LogP contribution in [0.2, 0.25) is 0 Å². The molecule has 0 saturated carbocycles. The lowest BCUT2D eigenvalue weighted by molar-refractivity contribution is -0.148. The van der Waals surface area contributed by atoms with Crippen molar-refractivity contribution in [3.63, 3.8) is 0 Å². The van der Waals surface area contributed by atoms with Crippen LogP contribution in [-0.2, 0) is 19.7 Å². The molecule has 0 radical (unpaired) electrons. The second-order valence-corrected chi connectivity index (χ2v) is 8.74. The molecule has 1 atom stereocenters. The molecule has 6 nitrogen and oxygen atoms in total. The number of benzene rings is 1. The molecule has 28 heavy (non-hydrogen) atoms. The third-order valence-electron chi connectivity index (χ3n) is 4.91. The van der Waals surface area contributed by atoms with Gasteiger partial charge in [-0.25, -0.2) is 0 Å². The van der Waals surface area contributed by atoms with E-state index in [1.807, 2.05) is 26.0 Å². The van der Waals surface area contributed by atoms with Crippen molar-refractivity contribution in [2.45, 2.75) is 58.9 Å². The van der Waals surface area contributed by atoms with Crippen molar-refractivity contribution in [1.29, 1.82) is 0 Å². The number of carbonyl (C=O) groups is 3. The van der Waals surface area contributed by atoms with E-state index < -0.39 is 12.0 Å². The smallest absolute Gasteiger partial charge is 0.308 e. The van der Waals surface area contributed by atoms with Crippen LogP contribution in [0.1, 0.15) is 63.4 Å². The van der Waals surface area contributed by atoms with Crippen molar-refractivity contribution in [2.75, 3.05) is 19.7 Å². The molecule has 0 aliphatic carbocycles. The van der Waals surface area contributed by atoms with E-state index in [1.54, 1.807) is 12.1 Å². The minimum absolute atomic E-state index is 0.00509. The molecule has 0 spiro atoms. The van der Waals surface area contributed by atoms with Gasteiger partial charge in [0.25, 0.3) is 5.91 Å². The third-order valence-corrected chi connectivity index (χ3v) is 4.91. The van der Waals surface area contributed by atoms with Crippen LogP contribution in [0.3, 0.4) is 0 Å². The Morgan fingerprint density at radius 1 is 1.21 bits per heavy atom. The SMILES string of the molecule is CC(C)CCOC(=O)CC1C(=O)NCCN1C(=O)c1ccc(C(C)(C)C)cc1. The van der Waals surface area contributed by atoms with Gasteiger partial charge in [-0.1, -0.05) is 46.8 Å². The maximum Gasteiger partial charge on any atom is 0.308 e. The van der Waals surface area contributed by atoms with E-state index in [2.05, 4.69) is 26.1 Å². The van der Waals surface area contributed by atoms with E-state index in [9.17, 15) is 14.4 Å². The molecule has 1 saturated heterocycles. The summed E-state index contributed by atoms with van der Waals surface area (Å²) in [5.41, 5.74) is 1.64. The van der Waals surface area contributed by atoms with E-state index >= 15 is 0 Å². The quantitative estimate of drug-likeness (QED) is 0.761. The first-order chi connectivity index (χ1) is 13.1. The number of hydrogen-bond donors (Lipinski definition) is 1. The summed E-state index contributed by atoms with van der Waals surface area (Å²) in [6.07, 6.45) is 0.640. The molecular formula is C22H32N2O4. The largest absolute Gasteiger partial charge is 0.466 e. The van der Waals surface area contributed by atoms with Crippen molar-refractivity contribution in [1.82, 2.24) is 10.2 Å². The molecule has 0 bridgehead atoms. The lowest BCUT2D eigenvalue weighted by atomic mass is 9.86. The number of nitrogens with one attached hydrogen (secondary N) is 1. The predicted octanol–water partition coefficient (Wildman–Crippen LogP) is 2.90. The maximum absolute atomic E-state index is 13.0. The summed E-state index contributed by atoms with van der Waals surface area (Å²) in [6.45, 7) is 11.5. The van der Waals surface area contributed by atoms with Crippen molar-refractivity contribution >= 4 is 17.8 Å². The molecule has 1 fully saturated rings. The number of amides is 2. The highest BCUT2D eigenvalue weighted by atomic mass is 16.5. The number of carbonyl (C=O) groups excluding carboxylic acids is 3. The fraction of sp³-hybridized carbons (Fsp3) is 0.591. The van der Waals surface area contributed by atoms with Gasteiger partial charge < -0.3 is 15.0 Å². The minimum atomic E-state index is -0.838. The lowest BCUT2D eigenvalue weighted by Gasteiger charge is -2.34. The first-order valence-corrected chi connectivity index (χ1v) is 9.94. The van der Waals surface area contributed by atoms with E-state index in [4.69, 9.17) is 4.74 Å². The molecule has 2 amide bonds. The van der Waals surface area contributed by atoms with Crippen molar-refractivity contribution in [2.24, 2.45) is 5.92 Å². The Morgan fingerprint density at radius 2 is 1.86 bits per heavy atom. The predicted molar refractivity (Wildman–Crippen MR) is 108 cm³/mol. The van der Waals surface area contributed by atoms with Gasteiger partial charge in [-0.15, -0.1) is 0 Å². The molecule has 1 aliphatic rings. The van der Waals surface area contributed by atoms with Crippen LogP contribution in [0.25, 0.3) is 0 Å². The Balaban J connectivity index is 2.09. The maximum atomic E-state index is 13.0. The summed E-state index contributed by atoms with van der Waals surface area (Å²) >= 11 is 0. The Hall–Kier alpha value is -2.37. The zero-order chi connectivity index (χ0) is 20.9. The van der Waals surface area contributed by atoms with E-state index in [-0.39, 0.29) is 23.7 Å². The molecule has 1 unspecified atom stereocenters. The summed E-state index contributed by atoms with van der Waals surface area (Å²) in [6, 6.07) is 6.61. The number of piperazine rings is 1. The molecule has 1 N–H and O–H groups in total. The van der Waals surface area contributed by atoms with Crippen LogP contribution in [-0.4, -0.2) is 48.4 Å². The molecule has 1 aromatic carbocycles. The highest BCUT2D eigenvalue weighted by Gasteiger charge is 2.35. The molecule has 154 valence electrons. The van der Waals surface area contributed by atoms with E-state index in [1.165, 1.54) is 4.90 Å². The van der Waals surface area contributed by atoms with Gasteiger partial charge in [-0.05, 0) is 35.4 Å². The van der Waals surface area contributed by atoms with Crippen LogP contribution in [0.5, 0.6) is 0 Å². The number of ether oxygens (including phenoxy) is 1. The monoisotopic (exact) mass is 388 g/mol. The first kappa shape index (κ1) is 21.9. The second kappa shape index (κ2) is 9.22. The van der Waals surface area contributed by atoms with Gasteiger partial charge in [0.05, 0.1) is 13.0 Å². The van der Waals surface area contributed by atoms with E-state index in [0.29, 0.717) is 31.2 Å². The molecule has 2 rings (SSSR count). The molecular weight excluding hydrogens is 356 g/mol. The summed E-state index contributed by atoms with van der Waals surface area (Å²) in [5, 5.41) is 2.74. The number of esters is 1. The normalized spacial score (nSPS) is 17.4. The van der Waals surface area contributed by atoms with E-state index in [0.717, 1.165) is 12.0 Å². The summed E-state index contributed by atoms with van der Waals surface area (Å²) in [5.74, 6) is -0.578. The third kappa shape index (κ3) is 5.81. The van der Waals surface area contributed by atoms with Crippen molar-refractivity contribution < 1.29 is 19.1 Å². The number of nitrogens with zero attached hydrogens (tertiary/aromatic N) is 1. The second-order valence-electron chi connectivity index (χ2n) is 8.74. The standard InChI is InChI=1S/C22H32N2O4/c1-15(2)10-13-28-19(25)14-18-20(26)23-11-12-24(18)21(27)16-6-8-17(9-7-16)22(3,4)5/h6-9,15,18H,10-14H2,1-5H3,(H,23,26). The molecule has 0 aromatic heterocycles. The van der Waals surface area contributed by atoms with Gasteiger partial charge in [0, 0.05) is 18.7 Å². The van der Waals surface area contributed by atoms with Crippen molar-refractivity contribution in [3.8, 4) is 0 Å². The van der Waals surface area contributed by atoms with Crippen LogP contribution in [0.4, 0.5) is 0 Å². The zero-order valence-electron chi connectivity index (χ0n) is 17.6. The number of rotatable bonds is 6. The summed E-state index contributed by atoms with van der Waals surface area (Å²) < 4.78 is 5.23. The summed E-state index contributed by atoms with van der Waals surface area (Å²) in [4.78, 5) is 39.0. The Morgan fingerprint density at radius 3 is 2.43 bits per heavy atom. The van der Waals surface area contributed by atoms with Gasteiger partial charge >= 0.3 is 5.97 Å².